The number of fused-ring (bicyclic) bond motifs is 1. The van der Waals surface area contributed by atoms with E-state index in [1.165, 1.54) is 17.5 Å². The summed E-state index contributed by atoms with van der Waals surface area (Å²) in [5.41, 5.74) is 3.60. The minimum absolute atomic E-state index is 0.0760. The molecule has 4 heteroatoms. The number of halogens is 2. The Morgan fingerprint density at radius 3 is 2.71 bits per heavy atom. The molecule has 0 aromatic heterocycles. The van der Waals surface area contributed by atoms with Crippen LogP contribution in [0.3, 0.4) is 0 Å². The molecule has 0 unspecified atom stereocenters. The van der Waals surface area contributed by atoms with Crippen LogP contribution in [0.1, 0.15) is 24.0 Å². The van der Waals surface area contributed by atoms with Gasteiger partial charge in [0.25, 0.3) is 0 Å². The Morgan fingerprint density at radius 1 is 1.29 bits per heavy atom. The molecule has 0 spiro atoms. The average molecular weight is 270 g/mol. The fourth-order valence-electron chi connectivity index (χ4n) is 2.38. The van der Waals surface area contributed by atoms with Crippen LogP contribution in [0.4, 0.5) is 5.69 Å². The third kappa shape index (κ3) is 2.16. The number of hydrogen-bond acceptors (Lipinski definition) is 1. The van der Waals surface area contributed by atoms with Crippen molar-refractivity contribution in [2.75, 3.05) is 5.32 Å². The lowest BCUT2D eigenvalue weighted by Gasteiger charge is -2.07. The molecule has 17 heavy (non-hydrogen) atoms. The van der Waals surface area contributed by atoms with Crippen LogP contribution in [-0.4, -0.2) is 10.2 Å². The largest absolute Gasteiger partial charge is 0.326 e. The molecule has 1 fully saturated rings. The first-order valence-corrected chi connectivity index (χ1v) is 6.62. The molecule has 2 aliphatic carbocycles. The predicted molar refractivity (Wildman–Crippen MR) is 69.6 cm³/mol. The smallest absolute Gasteiger partial charge is 0.230 e. The number of anilines is 1. The third-order valence-corrected chi connectivity index (χ3v) is 4.34. The van der Waals surface area contributed by atoms with Crippen molar-refractivity contribution < 1.29 is 4.79 Å². The average Bonchev–Trinajstić information content (AvgIpc) is 2.73. The summed E-state index contributed by atoms with van der Waals surface area (Å²) >= 11 is 11.7. The van der Waals surface area contributed by atoms with Crippen molar-refractivity contribution in [1.29, 1.82) is 0 Å². The van der Waals surface area contributed by atoms with Gasteiger partial charge in [0.05, 0.1) is 5.92 Å². The lowest BCUT2D eigenvalue weighted by molar-refractivity contribution is -0.117. The Balaban J connectivity index is 1.71. The minimum atomic E-state index is -0.846. The van der Waals surface area contributed by atoms with Crippen LogP contribution >= 0.6 is 23.2 Å². The Labute approximate surface area is 110 Å². The first-order chi connectivity index (χ1) is 8.06. The van der Waals surface area contributed by atoms with Crippen LogP contribution in [-0.2, 0) is 17.6 Å². The van der Waals surface area contributed by atoms with Gasteiger partial charge in [-0.1, -0.05) is 6.07 Å². The van der Waals surface area contributed by atoms with Crippen LogP contribution in [0.2, 0.25) is 0 Å². The normalized spacial score (nSPS) is 24.2. The van der Waals surface area contributed by atoms with Gasteiger partial charge >= 0.3 is 0 Å². The van der Waals surface area contributed by atoms with Gasteiger partial charge in [0, 0.05) is 5.69 Å². The van der Waals surface area contributed by atoms with Crippen molar-refractivity contribution >= 4 is 34.8 Å². The molecule has 0 bridgehead atoms. The van der Waals surface area contributed by atoms with Crippen molar-refractivity contribution in [1.82, 2.24) is 0 Å². The van der Waals surface area contributed by atoms with Gasteiger partial charge in [-0.25, -0.2) is 0 Å². The van der Waals surface area contributed by atoms with Crippen LogP contribution in [0.5, 0.6) is 0 Å². The molecule has 2 aliphatic rings. The van der Waals surface area contributed by atoms with E-state index in [1.807, 2.05) is 6.07 Å². The number of alkyl halides is 2. The van der Waals surface area contributed by atoms with Gasteiger partial charge in [-0.3, -0.25) is 4.79 Å². The molecule has 0 saturated heterocycles. The van der Waals surface area contributed by atoms with E-state index in [2.05, 4.69) is 17.4 Å². The molecule has 1 aromatic rings. The molecule has 2 nitrogen and oxygen atoms in total. The second kappa shape index (κ2) is 3.89. The third-order valence-electron chi connectivity index (χ3n) is 3.51. The number of aryl methyl sites for hydroxylation is 2. The maximum atomic E-state index is 11.8. The van der Waals surface area contributed by atoms with Gasteiger partial charge in [-0.2, -0.15) is 0 Å². The highest BCUT2D eigenvalue weighted by Gasteiger charge is 2.56. The van der Waals surface area contributed by atoms with E-state index in [1.54, 1.807) is 0 Å². The zero-order valence-corrected chi connectivity index (χ0v) is 10.8. The second-order valence-corrected chi connectivity index (χ2v) is 6.39. The van der Waals surface area contributed by atoms with Crippen molar-refractivity contribution in [3.8, 4) is 0 Å². The lowest BCUT2D eigenvalue weighted by atomic mass is 10.1. The molecule has 1 atom stereocenters. The lowest BCUT2D eigenvalue weighted by Crippen LogP contribution is -2.16. The van der Waals surface area contributed by atoms with Gasteiger partial charge < -0.3 is 5.32 Å². The van der Waals surface area contributed by atoms with Gasteiger partial charge in [-0.05, 0) is 48.9 Å². The molecule has 1 saturated carbocycles. The van der Waals surface area contributed by atoms with Crippen LogP contribution in [0.25, 0.3) is 0 Å². The van der Waals surface area contributed by atoms with Gasteiger partial charge in [-0.15, -0.1) is 23.2 Å². The number of carbonyl (C=O) groups is 1. The summed E-state index contributed by atoms with van der Waals surface area (Å²) in [5, 5.41) is 2.88. The van der Waals surface area contributed by atoms with E-state index in [4.69, 9.17) is 23.2 Å². The van der Waals surface area contributed by atoms with Crippen molar-refractivity contribution in [3.63, 3.8) is 0 Å². The summed E-state index contributed by atoms with van der Waals surface area (Å²) in [6.07, 6.45) is 4.02. The number of amides is 1. The van der Waals surface area contributed by atoms with Crippen LogP contribution in [0, 0.1) is 5.92 Å². The highest BCUT2D eigenvalue weighted by Crippen LogP contribution is 2.53. The number of hydrogen-bond donors (Lipinski definition) is 1. The van der Waals surface area contributed by atoms with Gasteiger partial charge in [0.1, 0.15) is 4.33 Å². The SMILES string of the molecule is O=C(Nc1ccc2c(c1)CCC2)[C@H]1CC1(Cl)Cl. The molecule has 90 valence electrons. The zero-order chi connectivity index (χ0) is 12.0. The van der Waals surface area contributed by atoms with Crippen LogP contribution < -0.4 is 5.32 Å². The summed E-state index contributed by atoms with van der Waals surface area (Å²) in [6.45, 7) is 0. The fraction of sp³-hybridized carbons (Fsp3) is 0.462. The van der Waals surface area contributed by atoms with Crippen molar-refractivity contribution in [3.05, 3.63) is 29.3 Å². The van der Waals surface area contributed by atoms with E-state index in [0.717, 1.165) is 18.5 Å². The molecule has 1 amide bonds. The number of carbonyl (C=O) groups excluding carboxylic acids is 1. The standard InChI is InChI=1S/C13H13Cl2NO/c14-13(15)7-11(13)12(17)16-10-5-4-8-2-1-3-9(8)6-10/h4-6,11H,1-3,7H2,(H,16,17)/t11-/m1/s1. The fourth-order valence-corrected chi connectivity index (χ4v) is 2.88. The van der Waals surface area contributed by atoms with E-state index >= 15 is 0 Å². The molecular weight excluding hydrogens is 257 g/mol. The number of rotatable bonds is 2. The van der Waals surface area contributed by atoms with Crippen molar-refractivity contribution in [2.45, 2.75) is 30.0 Å². The van der Waals surface area contributed by atoms with Gasteiger partial charge in [0.2, 0.25) is 5.91 Å². The first-order valence-electron chi connectivity index (χ1n) is 5.87. The van der Waals surface area contributed by atoms with E-state index in [-0.39, 0.29) is 11.8 Å². The summed E-state index contributed by atoms with van der Waals surface area (Å²) in [5.74, 6) is -0.341. The highest BCUT2D eigenvalue weighted by atomic mass is 35.5. The number of benzene rings is 1. The predicted octanol–water partition coefficient (Wildman–Crippen LogP) is 3.31. The first kappa shape index (κ1) is 11.4. The molecular formula is C13H13Cl2NO. The Morgan fingerprint density at radius 2 is 2.00 bits per heavy atom. The van der Waals surface area contributed by atoms with E-state index in [9.17, 15) is 4.79 Å². The maximum Gasteiger partial charge on any atom is 0.230 e. The number of nitrogens with one attached hydrogen (secondary N) is 1. The molecule has 0 radical (unpaired) electrons. The second-order valence-electron chi connectivity index (χ2n) is 4.84. The zero-order valence-electron chi connectivity index (χ0n) is 9.30. The van der Waals surface area contributed by atoms with Crippen LogP contribution in [0.15, 0.2) is 18.2 Å². The summed E-state index contributed by atoms with van der Waals surface area (Å²) in [7, 11) is 0. The Hall–Kier alpha value is -0.730. The highest BCUT2D eigenvalue weighted by molar-refractivity contribution is 6.52. The molecule has 0 heterocycles. The molecule has 3 rings (SSSR count). The Kier molecular flexibility index (Phi) is 2.60. The quantitative estimate of drug-likeness (QED) is 0.821. The topological polar surface area (TPSA) is 29.1 Å². The monoisotopic (exact) mass is 269 g/mol. The Bertz CT molecular complexity index is 484. The van der Waals surface area contributed by atoms with E-state index < -0.39 is 4.33 Å². The summed E-state index contributed by atoms with van der Waals surface area (Å²) in [4.78, 5) is 11.8. The molecule has 1 aromatic carbocycles. The maximum absolute atomic E-state index is 11.8. The van der Waals surface area contributed by atoms with Crippen molar-refractivity contribution in [2.24, 2.45) is 5.92 Å². The minimum Gasteiger partial charge on any atom is -0.326 e. The summed E-state index contributed by atoms with van der Waals surface area (Å²) in [6, 6.07) is 6.11. The van der Waals surface area contributed by atoms with E-state index in [0.29, 0.717) is 6.42 Å². The molecule has 1 N–H and O–H groups in total. The summed E-state index contributed by atoms with van der Waals surface area (Å²) < 4.78 is -0.846. The van der Waals surface area contributed by atoms with Gasteiger partial charge in [0.15, 0.2) is 0 Å². The molecule has 0 aliphatic heterocycles.